The molecule has 1 heterocycles. The van der Waals surface area contributed by atoms with E-state index in [0.29, 0.717) is 15.6 Å². The monoisotopic (exact) mass is 246 g/mol. The second-order valence-electron chi connectivity index (χ2n) is 3.02. The fourth-order valence-corrected chi connectivity index (χ4v) is 2.13. The van der Waals surface area contributed by atoms with E-state index in [0.717, 1.165) is 4.90 Å². The molecule has 0 aliphatic carbocycles. The van der Waals surface area contributed by atoms with Crippen LogP contribution in [0.5, 0.6) is 0 Å². The van der Waals surface area contributed by atoms with Crippen LogP contribution in [0, 0.1) is 11.3 Å². The van der Waals surface area contributed by atoms with Gasteiger partial charge in [0.25, 0.3) is 0 Å². The second-order valence-corrected chi connectivity index (χ2v) is 4.52. The third kappa shape index (κ3) is 2.54. The molecule has 1 aromatic carbocycles. The number of halogens is 1. The number of nitriles is 1. The highest BCUT2D eigenvalue weighted by Crippen LogP contribution is 2.28. The van der Waals surface area contributed by atoms with Gasteiger partial charge in [-0.3, -0.25) is 0 Å². The van der Waals surface area contributed by atoms with Crippen LogP contribution in [0.2, 0.25) is 5.02 Å². The normalized spacial score (nSPS) is 9.75. The van der Waals surface area contributed by atoms with Crippen LogP contribution in [0.1, 0.15) is 5.56 Å². The summed E-state index contributed by atoms with van der Waals surface area (Å²) in [5, 5.41) is 10.3. The van der Waals surface area contributed by atoms with Crippen LogP contribution in [0.3, 0.4) is 0 Å². The Balaban J connectivity index is 2.27. The van der Waals surface area contributed by atoms with Crippen molar-refractivity contribution in [3.8, 4) is 6.07 Å². The summed E-state index contributed by atoms with van der Waals surface area (Å²) >= 11 is 7.25. The van der Waals surface area contributed by atoms with Gasteiger partial charge in [-0.15, -0.1) is 0 Å². The molecule has 16 heavy (non-hydrogen) atoms. The highest BCUT2D eigenvalue weighted by molar-refractivity contribution is 7.99. The van der Waals surface area contributed by atoms with Crippen molar-refractivity contribution >= 4 is 23.4 Å². The lowest BCUT2D eigenvalue weighted by Gasteiger charge is -2.02. The first kappa shape index (κ1) is 11.0. The smallest absolute Gasteiger partial charge is 0.119 e. The molecule has 0 amide bonds. The molecule has 0 fully saturated rings. The SMILES string of the molecule is N#Cc1cccnc1Sc1ccc(Cl)cc1. The molecule has 4 heteroatoms. The molecule has 0 saturated heterocycles. The minimum atomic E-state index is 0.586. The van der Waals surface area contributed by atoms with E-state index in [-0.39, 0.29) is 0 Å². The van der Waals surface area contributed by atoms with Gasteiger partial charge in [-0.25, -0.2) is 4.98 Å². The van der Waals surface area contributed by atoms with Gasteiger partial charge in [0, 0.05) is 16.1 Å². The quantitative estimate of drug-likeness (QED) is 0.810. The zero-order valence-electron chi connectivity index (χ0n) is 8.22. The predicted molar refractivity (Wildman–Crippen MR) is 64.5 cm³/mol. The molecule has 0 N–H and O–H groups in total. The summed E-state index contributed by atoms with van der Waals surface area (Å²) in [6.07, 6.45) is 1.68. The molecule has 78 valence electrons. The molecule has 0 aliphatic rings. The second kappa shape index (κ2) is 5.02. The first-order chi connectivity index (χ1) is 7.79. The van der Waals surface area contributed by atoms with Gasteiger partial charge in [0.05, 0.1) is 5.56 Å². The number of hydrogen-bond acceptors (Lipinski definition) is 3. The van der Waals surface area contributed by atoms with Crippen molar-refractivity contribution in [2.75, 3.05) is 0 Å². The van der Waals surface area contributed by atoms with Gasteiger partial charge in [-0.2, -0.15) is 5.26 Å². The van der Waals surface area contributed by atoms with Crippen molar-refractivity contribution in [2.45, 2.75) is 9.92 Å². The van der Waals surface area contributed by atoms with E-state index in [9.17, 15) is 0 Å². The summed E-state index contributed by atoms with van der Waals surface area (Å²) in [4.78, 5) is 5.19. The molecule has 0 atom stereocenters. The Morgan fingerprint density at radius 2 is 1.94 bits per heavy atom. The molecule has 1 aromatic heterocycles. The molecule has 0 spiro atoms. The van der Waals surface area contributed by atoms with Gasteiger partial charge in [-0.05, 0) is 36.4 Å². The minimum Gasteiger partial charge on any atom is -0.248 e. The lowest BCUT2D eigenvalue weighted by molar-refractivity contribution is 1.11. The van der Waals surface area contributed by atoms with Crippen molar-refractivity contribution in [2.24, 2.45) is 0 Å². The Kier molecular flexibility index (Phi) is 3.45. The van der Waals surface area contributed by atoms with E-state index in [1.807, 2.05) is 24.3 Å². The predicted octanol–water partition coefficient (Wildman–Crippen LogP) is 3.76. The third-order valence-electron chi connectivity index (χ3n) is 1.92. The number of aromatic nitrogens is 1. The maximum absolute atomic E-state index is 8.92. The summed E-state index contributed by atoms with van der Waals surface area (Å²) in [5.74, 6) is 0. The standard InChI is InChI=1S/C12H7ClN2S/c13-10-3-5-11(6-4-10)16-12-9(8-14)2-1-7-15-12/h1-7H. The first-order valence-corrected chi connectivity index (χ1v) is 5.77. The summed E-state index contributed by atoms with van der Waals surface area (Å²) in [7, 11) is 0. The number of pyridine rings is 1. The summed E-state index contributed by atoms with van der Waals surface area (Å²) in [6.45, 7) is 0. The van der Waals surface area contributed by atoms with Crippen LogP contribution < -0.4 is 0 Å². The Hall–Kier alpha value is -1.50. The maximum Gasteiger partial charge on any atom is 0.119 e. The zero-order chi connectivity index (χ0) is 11.4. The lowest BCUT2D eigenvalue weighted by atomic mass is 10.3. The van der Waals surface area contributed by atoms with Gasteiger partial charge in [0.1, 0.15) is 11.1 Å². The van der Waals surface area contributed by atoms with E-state index in [4.69, 9.17) is 16.9 Å². The van der Waals surface area contributed by atoms with Gasteiger partial charge < -0.3 is 0 Å². The lowest BCUT2D eigenvalue weighted by Crippen LogP contribution is -1.84. The van der Waals surface area contributed by atoms with Crippen molar-refractivity contribution < 1.29 is 0 Å². The Bertz CT molecular complexity index is 531. The van der Waals surface area contributed by atoms with Gasteiger partial charge in [0.15, 0.2) is 0 Å². The van der Waals surface area contributed by atoms with Gasteiger partial charge in [0.2, 0.25) is 0 Å². The molecule has 0 radical (unpaired) electrons. The summed E-state index contributed by atoms with van der Waals surface area (Å²) in [6, 6.07) is 13.1. The minimum absolute atomic E-state index is 0.586. The Labute approximate surface area is 103 Å². The maximum atomic E-state index is 8.92. The summed E-state index contributed by atoms with van der Waals surface area (Å²) in [5.41, 5.74) is 0.586. The number of nitrogens with zero attached hydrogens (tertiary/aromatic N) is 2. The fourth-order valence-electron chi connectivity index (χ4n) is 1.17. The van der Waals surface area contributed by atoms with Gasteiger partial charge >= 0.3 is 0 Å². The molecular weight excluding hydrogens is 240 g/mol. The highest BCUT2D eigenvalue weighted by atomic mass is 35.5. The fraction of sp³-hybridized carbons (Fsp3) is 0. The molecule has 2 nitrogen and oxygen atoms in total. The van der Waals surface area contributed by atoms with Crippen LogP contribution in [0.15, 0.2) is 52.5 Å². The zero-order valence-corrected chi connectivity index (χ0v) is 9.79. The summed E-state index contributed by atoms with van der Waals surface area (Å²) < 4.78 is 0. The molecule has 2 rings (SSSR count). The number of hydrogen-bond donors (Lipinski definition) is 0. The molecule has 0 bridgehead atoms. The highest BCUT2D eigenvalue weighted by Gasteiger charge is 2.04. The Morgan fingerprint density at radius 3 is 2.62 bits per heavy atom. The van der Waals surface area contributed by atoms with E-state index in [1.165, 1.54) is 11.8 Å². The largest absolute Gasteiger partial charge is 0.248 e. The first-order valence-electron chi connectivity index (χ1n) is 4.58. The van der Waals surface area contributed by atoms with Crippen molar-refractivity contribution in [3.63, 3.8) is 0 Å². The van der Waals surface area contributed by atoms with Crippen LogP contribution in [-0.2, 0) is 0 Å². The van der Waals surface area contributed by atoms with Crippen LogP contribution in [-0.4, -0.2) is 4.98 Å². The molecule has 2 aromatic rings. The topological polar surface area (TPSA) is 36.7 Å². The van der Waals surface area contributed by atoms with E-state index < -0.39 is 0 Å². The average molecular weight is 247 g/mol. The van der Waals surface area contributed by atoms with Crippen LogP contribution in [0.4, 0.5) is 0 Å². The van der Waals surface area contributed by atoms with E-state index >= 15 is 0 Å². The molecule has 0 unspecified atom stereocenters. The van der Waals surface area contributed by atoms with Crippen molar-refractivity contribution in [3.05, 3.63) is 53.2 Å². The van der Waals surface area contributed by atoms with E-state index in [2.05, 4.69) is 11.1 Å². The van der Waals surface area contributed by atoms with E-state index in [1.54, 1.807) is 18.3 Å². The molecular formula is C12H7ClN2S. The number of benzene rings is 1. The van der Waals surface area contributed by atoms with Crippen LogP contribution in [0.25, 0.3) is 0 Å². The molecule has 0 saturated carbocycles. The van der Waals surface area contributed by atoms with Crippen molar-refractivity contribution in [1.82, 2.24) is 4.98 Å². The molecule has 0 aliphatic heterocycles. The van der Waals surface area contributed by atoms with Gasteiger partial charge in [-0.1, -0.05) is 23.4 Å². The third-order valence-corrected chi connectivity index (χ3v) is 3.20. The average Bonchev–Trinajstić information content (AvgIpc) is 2.33. The Morgan fingerprint density at radius 1 is 1.19 bits per heavy atom. The van der Waals surface area contributed by atoms with Crippen LogP contribution >= 0.6 is 23.4 Å². The van der Waals surface area contributed by atoms with Crippen molar-refractivity contribution in [1.29, 1.82) is 5.26 Å². The number of rotatable bonds is 2.